The van der Waals surface area contributed by atoms with E-state index in [1.54, 1.807) is 0 Å². The van der Waals surface area contributed by atoms with Crippen molar-refractivity contribution >= 4 is 33.6 Å². The van der Waals surface area contributed by atoms with Crippen LogP contribution in [-0.4, -0.2) is 95.9 Å². The molecule has 0 spiro atoms. The highest BCUT2D eigenvalue weighted by atomic mass is 31.2. The molecule has 18 heteroatoms. The molecule has 0 rings (SSSR count). The topological polar surface area (TPSA) is 231 Å². The van der Waals surface area contributed by atoms with Crippen LogP contribution in [0, 0.1) is 0 Å². The number of allylic oxidation sites excluding steroid dienone is 30. The average Bonchev–Trinajstić information content (AvgIpc) is 0.939. The summed E-state index contributed by atoms with van der Waals surface area (Å²) in [5.74, 6) is -1.71. The minimum Gasteiger partial charge on any atom is -0.463 e. The first-order valence-corrected chi connectivity index (χ1v) is 42.1. The van der Waals surface area contributed by atoms with Gasteiger partial charge in [0.1, 0.15) is 25.4 Å². The number of unbranched alkanes of at least 4 members (excludes halogenated alkanes) is 19. The second kappa shape index (κ2) is 76.3. The van der Waals surface area contributed by atoms with Crippen LogP contribution in [0.3, 0.4) is 0 Å². The first-order valence-electron chi connectivity index (χ1n) is 39.1. The lowest BCUT2D eigenvalue weighted by atomic mass is 10.0. The third-order valence-corrected chi connectivity index (χ3v) is 17.5. The van der Waals surface area contributed by atoms with Crippen LogP contribution in [0.15, 0.2) is 182 Å². The van der Waals surface area contributed by atoms with Crippen LogP contribution in [0.2, 0.25) is 0 Å². The summed E-state index contributed by atoms with van der Waals surface area (Å²) in [6, 6.07) is 0. The fourth-order valence-corrected chi connectivity index (χ4v) is 11.3. The van der Waals surface area contributed by atoms with Crippen molar-refractivity contribution in [2.24, 2.45) is 0 Å². The Morgan fingerprint density at radius 3 is 0.854 bits per heavy atom. The lowest BCUT2D eigenvalue weighted by molar-refractivity contribution is -0.161. The maximum Gasteiger partial charge on any atom is 0.472 e. The molecule has 0 aliphatic rings. The molecule has 0 bridgehead atoms. The number of esters is 3. The maximum atomic E-state index is 12.9. The number of aliphatic hydroxyl groups is 2. The number of hydrogen-bond donors (Lipinski definition) is 4. The van der Waals surface area contributed by atoms with E-state index in [2.05, 4.69) is 185 Å². The van der Waals surface area contributed by atoms with Gasteiger partial charge in [-0.15, -0.1) is 0 Å². The standard InChI is InChI=1S/C85H138O16P2/c1-4-7-10-13-16-19-22-25-28-31-34-36-37-38-39-40-41-43-46-47-50-53-56-59-62-65-68-71-83(88)95-74-80(86)75-97-102(91,92)98-76-81(87)77-99-103(93,94)100-79-82(101-85(90)73-70-67-64-61-58-55-52-49-44-33-30-27-24-21-18-15-12-9-6-3)78-96-84(89)72-69-66-63-60-57-54-51-48-45-42-35-32-29-26-23-20-17-14-11-8-5-2/h8-9,11-12,16-21,25-30,34-36,38-39,42,44,48-49,51,55,58,64,67,80-82,86-87H,4-7,10,13-15,22-24,31-33,37,40-41,43,45-47,50,52-54,56-57,59-63,65-66,68-79H2,1-3H3,(H,91,92)(H,93,94)/b11-8-,12-9-,19-16-,20-17-,21-18-,28-25-,29-26-,30-27-,36-34-,39-38-,42-35-,49-44-,51-48-,58-55-,67-64-. The number of ether oxygens (including phenoxy) is 3. The predicted molar refractivity (Wildman–Crippen MR) is 426 cm³/mol. The number of hydrogen-bond acceptors (Lipinski definition) is 14. The Labute approximate surface area is 624 Å². The van der Waals surface area contributed by atoms with Crippen LogP contribution in [0.1, 0.15) is 278 Å². The van der Waals surface area contributed by atoms with Gasteiger partial charge in [-0.25, -0.2) is 9.13 Å². The van der Waals surface area contributed by atoms with E-state index in [0.29, 0.717) is 25.7 Å². The lowest BCUT2D eigenvalue weighted by Gasteiger charge is -2.21. The van der Waals surface area contributed by atoms with Crippen molar-refractivity contribution in [3.63, 3.8) is 0 Å². The van der Waals surface area contributed by atoms with E-state index < -0.39 is 91.5 Å². The van der Waals surface area contributed by atoms with Crippen molar-refractivity contribution in [1.29, 1.82) is 0 Å². The van der Waals surface area contributed by atoms with Crippen molar-refractivity contribution in [3.8, 4) is 0 Å². The van der Waals surface area contributed by atoms with Crippen LogP contribution in [-0.2, 0) is 55.8 Å². The molecule has 0 aromatic heterocycles. The Kier molecular flexibility index (Phi) is 72.3. The Bertz CT molecular complexity index is 2600. The van der Waals surface area contributed by atoms with E-state index in [9.17, 15) is 43.5 Å². The van der Waals surface area contributed by atoms with E-state index in [1.807, 2.05) is 18.2 Å². The number of phosphoric ester groups is 2. The zero-order chi connectivity index (χ0) is 75.2. The minimum absolute atomic E-state index is 0.0328. The number of carbonyl (C=O) groups is 3. The van der Waals surface area contributed by atoms with Crippen molar-refractivity contribution in [1.82, 2.24) is 0 Å². The van der Waals surface area contributed by atoms with Gasteiger partial charge in [0.15, 0.2) is 6.10 Å². The predicted octanol–water partition coefficient (Wildman–Crippen LogP) is 23.0. The van der Waals surface area contributed by atoms with Crippen LogP contribution >= 0.6 is 15.6 Å². The highest BCUT2D eigenvalue weighted by molar-refractivity contribution is 7.47. The summed E-state index contributed by atoms with van der Waals surface area (Å²) in [6.45, 7) is 2.29. The largest absolute Gasteiger partial charge is 0.472 e. The number of phosphoric acid groups is 2. The molecule has 0 saturated heterocycles. The van der Waals surface area contributed by atoms with E-state index in [-0.39, 0.29) is 19.3 Å². The summed E-state index contributed by atoms with van der Waals surface area (Å²) in [7, 11) is -9.84. The highest BCUT2D eigenvalue weighted by Crippen LogP contribution is 2.45. The summed E-state index contributed by atoms with van der Waals surface area (Å²) in [4.78, 5) is 58.6. The molecule has 4 N–H and O–H groups in total. The summed E-state index contributed by atoms with van der Waals surface area (Å²) in [5.41, 5.74) is 0. The number of carbonyl (C=O) groups excluding carboxylic acids is 3. The normalized spacial score (nSPS) is 15.0. The lowest BCUT2D eigenvalue weighted by Crippen LogP contribution is -2.29. The van der Waals surface area contributed by atoms with E-state index >= 15 is 0 Å². The molecule has 0 aromatic rings. The highest BCUT2D eigenvalue weighted by Gasteiger charge is 2.29. The van der Waals surface area contributed by atoms with Crippen LogP contribution < -0.4 is 0 Å². The Morgan fingerprint density at radius 2 is 0.534 bits per heavy atom. The molecule has 0 fully saturated rings. The first-order chi connectivity index (χ1) is 50.2. The average molecular weight is 1480 g/mol. The summed E-state index contributed by atoms with van der Waals surface area (Å²) >= 11 is 0. The molecule has 0 aliphatic heterocycles. The van der Waals surface area contributed by atoms with E-state index in [1.165, 1.54) is 64.2 Å². The Hall–Kier alpha value is -5.35. The number of aliphatic hydroxyl groups excluding tert-OH is 2. The second-order valence-electron chi connectivity index (χ2n) is 25.4. The third-order valence-electron chi connectivity index (χ3n) is 15.6. The van der Waals surface area contributed by atoms with Gasteiger partial charge in [0, 0.05) is 19.3 Å². The summed E-state index contributed by atoms with van der Waals surface area (Å²) in [6.07, 6.45) is 98.1. The fraction of sp³-hybridized carbons (Fsp3) is 0.612. The van der Waals surface area contributed by atoms with Crippen LogP contribution in [0.25, 0.3) is 0 Å². The molecule has 0 saturated carbocycles. The third kappa shape index (κ3) is 77.6. The first kappa shape index (κ1) is 97.7. The van der Waals surface area contributed by atoms with Crippen LogP contribution in [0.4, 0.5) is 0 Å². The summed E-state index contributed by atoms with van der Waals surface area (Å²) < 4.78 is 61.0. The summed E-state index contributed by atoms with van der Waals surface area (Å²) in [5, 5.41) is 20.6. The molecule has 584 valence electrons. The molecule has 0 amide bonds. The van der Waals surface area contributed by atoms with Gasteiger partial charge < -0.3 is 34.2 Å². The molecule has 0 radical (unpaired) electrons. The van der Waals surface area contributed by atoms with Crippen molar-refractivity contribution in [2.45, 2.75) is 296 Å². The van der Waals surface area contributed by atoms with Gasteiger partial charge >= 0.3 is 33.6 Å². The van der Waals surface area contributed by atoms with Crippen LogP contribution in [0.5, 0.6) is 0 Å². The van der Waals surface area contributed by atoms with Gasteiger partial charge in [-0.05, 0) is 148 Å². The molecule has 0 heterocycles. The smallest absolute Gasteiger partial charge is 0.463 e. The van der Waals surface area contributed by atoms with Gasteiger partial charge in [0.05, 0.1) is 26.4 Å². The monoisotopic (exact) mass is 1480 g/mol. The van der Waals surface area contributed by atoms with E-state index in [0.717, 1.165) is 148 Å². The molecule has 16 nitrogen and oxygen atoms in total. The minimum atomic E-state index is -4.97. The van der Waals surface area contributed by atoms with E-state index in [4.69, 9.17) is 32.3 Å². The molecule has 0 aliphatic carbocycles. The molecule has 103 heavy (non-hydrogen) atoms. The SMILES string of the molecule is CC/C=C\C/C=C\C/C=C\C/C=C\C/C=C\C/C=C\CCC(=O)OC(COC(=O)CCCCCCC/C=C\C/C=C\C/C=C\C/C=C\C/C=C\CC)COP(=O)(O)OCC(O)COP(=O)(O)OCC(O)COC(=O)CCCCCCCCCCCCC/C=C\C/C=C\C/C=C\C/C=C\CCCCC. The van der Waals surface area contributed by atoms with Gasteiger partial charge in [0.25, 0.3) is 0 Å². The zero-order valence-electron chi connectivity index (χ0n) is 63.7. The molecule has 0 aromatic carbocycles. The zero-order valence-corrected chi connectivity index (χ0v) is 65.5. The Balaban J connectivity index is 4.71. The Morgan fingerprint density at radius 1 is 0.282 bits per heavy atom. The molecule has 5 atom stereocenters. The second-order valence-corrected chi connectivity index (χ2v) is 28.3. The van der Waals surface area contributed by atoms with Gasteiger partial charge in [-0.1, -0.05) is 293 Å². The quantitative estimate of drug-likeness (QED) is 0.0146. The molecule has 5 unspecified atom stereocenters. The van der Waals surface area contributed by atoms with Crippen molar-refractivity contribution in [3.05, 3.63) is 182 Å². The molecular formula is C85H138O16P2. The molecular weight excluding hydrogens is 1340 g/mol. The maximum absolute atomic E-state index is 12.9. The van der Waals surface area contributed by atoms with Crippen molar-refractivity contribution in [2.75, 3.05) is 39.6 Å². The van der Waals surface area contributed by atoms with Gasteiger partial charge in [0.2, 0.25) is 0 Å². The van der Waals surface area contributed by atoms with Gasteiger partial charge in [-0.3, -0.25) is 32.5 Å². The van der Waals surface area contributed by atoms with Gasteiger partial charge in [-0.2, -0.15) is 0 Å². The number of rotatable bonds is 72. The van der Waals surface area contributed by atoms with Crippen molar-refractivity contribution < 1.29 is 75.8 Å². The fourth-order valence-electron chi connectivity index (χ4n) is 9.72.